The fourth-order valence-corrected chi connectivity index (χ4v) is 2.07. The van der Waals surface area contributed by atoms with E-state index in [2.05, 4.69) is 5.32 Å². The number of aliphatic hydroxyl groups is 1. The highest BCUT2D eigenvalue weighted by molar-refractivity contribution is 5.98. The van der Waals surface area contributed by atoms with Crippen LogP contribution >= 0.6 is 0 Å². The first-order valence-corrected chi connectivity index (χ1v) is 7.90. The van der Waals surface area contributed by atoms with Crippen LogP contribution in [0.5, 0.6) is 0 Å². The van der Waals surface area contributed by atoms with E-state index in [1.807, 2.05) is 39.8 Å². The van der Waals surface area contributed by atoms with Crippen LogP contribution in [0.3, 0.4) is 0 Å². The fourth-order valence-electron chi connectivity index (χ4n) is 2.07. The monoisotopic (exact) mass is 305 g/mol. The van der Waals surface area contributed by atoms with Crippen molar-refractivity contribution in [2.24, 2.45) is 5.92 Å². The molecule has 122 valence electrons. The number of Topliss-reactive ketones (excluding diaryl/α,β-unsaturated/α-hetero) is 1. The van der Waals surface area contributed by atoms with Gasteiger partial charge in [0.1, 0.15) is 0 Å². The highest BCUT2D eigenvalue weighted by atomic mass is 16.3. The Balaban J connectivity index is 2.40. The second kappa shape index (κ2) is 8.69. The average Bonchev–Trinajstić information content (AvgIpc) is 2.51. The molecule has 0 aliphatic rings. The maximum absolute atomic E-state index is 12.1. The number of benzene rings is 1. The second-order valence-corrected chi connectivity index (χ2v) is 5.98. The Morgan fingerprint density at radius 1 is 1.18 bits per heavy atom. The molecule has 4 nitrogen and oxygen atoms in total. The first-order chi connectivity index (χ1) is 10.3. The molecule has 0 spiro atoms. The predicted molar refractivity (Wildman–Crippen MR) is 88.0 cm³/mol. The summed E-state index contributed by atoms with van der Waals surface area (Å²) in [5.41, 5.74) is 2.87. The quantitative estimate of drug-likeness (QED) is 0.726. The number of rotatable bonds is 8. The van der Waals surface area contributed by atoms with Crippen molar-refractivity contribution < 1.29 is 14.7 Å². The van der Waals surface area contributed by atoms with Crippen molar-refractivity contribution in [2.45, 2.75) is 53.1 Å². The largest absolute Gasteiger partial charge is 0.391 e. The molecule has 2 atom stereocenters. The van der Waals surface area contributed by atoms with Crippen molar-refractivity contribution in [3.05, 3.63) is 34.9 Å². The van der Waals surface area contributed by atoms with E-state index in [-0.39, 0.29) is 37.0 Å². The van der Waals surface area contributed by atoms with Gasteiger partial charge in [-0.05, 0) is 37.0 Å². The van der Waals surface area contributed by atoms with Crippen molar-refractivity contribution in [3.8, 4) is 0 Å². The van der Waals surface area contributed by atoms with Crippen LogP contribution in [0.25, 0.3) is 0 Å². The van der Waals surface area contributed by atoms with Crippen LogP contribution in [0.2, 0.25) is 0 Å². The lowest BCUT2D eigenvalue weighted by molar-refractivity contribution is -0.121. The Labute approximate surface area is 132 Å². The van der Waals surface area contributed by atoms with E-state index in [0.717, 1.165) is 17.5 Å². The molecule has 22 heavy (non-hydrogen) atoms. The summed E-state index contributed by atoms with van der Waals surface area (Å²) in [7, 11) is 0. The first-order valence-electron chi connectivity index (χ1n) is 7.90. The zero-order valence-electron chi connectivity index (χ0n) is 14.0. The molecule has 0 radical (unpaired) electrons. The molecule has 0 bridgehead atoms. The lowest BCUT2D eigenvalue weighted by Gasteiger charge is -2.17. The summed E-state index contributed by atoms with van der Waals surface area (Å²) < 4.78 is 0. The van der Waals surface area contributed by atoms with Gasteiger partial charge in [0.15, 0.2) is 5.78 Å². The number of nitrogens with one attached hydrogen (secondary N) is 1. The highest BCUT2D eigenvalue weighted by Gasteiger charge is 2.14. The van der Waals surface area contributed by atoms with Crippen LogP contribution in [0.15, 0.2) is 18.2 Å². The second-order valence-electron chi connectivity index (χ2n) is 5.98. The third kappa shape index (κ3) is 5.60. The summed E-state index contributed by atoms with van der Waals surface area (Å²) in [5, 5.41) is 12.5. The standard InChI is InChI=1S/C18H27NO3/c1-5-12(2)17(21)11-19-18(22)9-8-16(20)15-7-6-13(3)14(4)10-15/h6-7,10,12,17,21H,5,8-9,11H2,1-4H3,(H,19,22). The molecule has 1 aromatic rings. The molecule has 0 aliphatic heterocycles. The van der Waals surface area contributed by atoms with E-state index >= 15 is 0 Å². The van der Waals surface area contributed by atoms with Gasteiger partial charge in [-0.2, -0.15) is 0 Å². The number of ketones is 1. The van der Waals surface area contributed by atoms with Crippen LogP contribution in [-0.4, -0.2) is 29.4 Å². The van der Waals surface area contributed by atoms with Gasteiger partial charge in [0.25, 0.3) is 0 Å². The maximum Gasteiger partial charge on any atom is 0.220 e. The molecular weight excluding hydrogens is 278 g/mol. The van der Waals surface area contributed by atoms with Gasteiger partial charge in [0.2, 0.25) is 5.91 Å². The summed E-state index contributed by atoms with van der Waals surface area (Å²) in [5.74, 6) is -0.0715. The van der Waals surface area contributed by atoms with E-state index in [1.165, 1.54) is 0 Å². The van der Waals surface area contributed by atoms with Gasteiger partial charge in [0, 0.05) is 24.9 Å². The molecule has 0 aliphatic carbocycles. The van der Waals surface area contributed by atoms with Crippen molar-refractivity contribution in [1.29, 1.82) is 0 Å². The molecule has 2 N–H and O–H groups in total. The summed E-state index contributed by atoms with van der Waals surface area (Å²) in [6.45, 7) is 8.15. The Bertz CT molecular complexity index is 525. The van der Waals surface area contributed by atoms with Gasteiger partial charge in [0.05, 0.1) is 6.10 Å². The number of carbonyl (C=O) groups excluding carboxylic acids is 2. The number of carbonyl (C=O) groups is 2. The molecule has 1 rings (SSSR count). The van der Waals surface area contributed by atoms with Crippen molar-refractivity contribution >= 4 is 11.7 Å². The van der Waals surface area contributed by atoms with Crippen LogP contribution < -0.4 is 5.32 Å². The molecular formula is C18H27NO3. The Morgan fingerprint density at radius 2 is 1.86 bits per heavy atom. The summed E-state index contributed by atoms with van der Waals surface area (Å²) in [6.07, 6.45) is 0.666. The van der Waals surface area contributed by atoms with Gasteiger partial charge in [-0.3, -0.25) is 9.59 Å². The lowest BCUT2D eigenvalue weighted by atomic mass is 10.0. The van der Waals surface area contributed by atoms with Crippen LogP contribution in [0.4, 0.5) is 0 Å². The van der Waals surface area contributed by atoms with E-state index in [9.17, 15) is 14.7 Å². The first kappa shape index (κ1) is 18.4. The fraction of sp³-hybridized carbons (Fsp3) is 0.556. The molecule has 2 unspecified atom stereocenters. The van der Waals surface area contributed by atoms with Crippen LogP contribution in [0.1, 0.15) is 54.6 Å². The van der Waals surface area contributed by atoms with Crippen molar-refractivity contribution in [3.63, 3.8) is 0 Å². The minimum atomic E-state index is -0.538. The topological polar surface area (TPSA) is 66.4 Å². The van der Waals surface area contributed by atoms with Crippen molar-refractivity contribution in [1.82, 2.24) is 5.32 Å². The number of hydrogen-bond donors (Lipinski definition) is 2. The summed E-state index contributed by atoms with van der Waals surface area (Å²) >= 11 is 0. The van der Waals surface area contributed by atoms with Crippen LogP contribution in [-0.2, 0) is 4.79 Å². The van der Waals surface area contributed by atoms with Gasteiger partial charge in [-0.15, -0.1) is 0 Å². The Hall–Kier alpha value is -1.68. The molecule has 4 heteroatoms. The number of aryl methyl sites for hydroxylation is 2. The maximum atomic E-state index is 12.1. The van der Waals surface area contributed by atoms with Gasteiger partial charge >= 0.3 is 0 Å². The Morgan fingerprint density at radius 3 is 2.45 bits per heavy atom. The van der Waals surface area contributed by atoms with Crippen LogP contribution in [0, 0.1) is 19.8 Å². The molecule has 1 aromatic carbocycles. The van der Waals surface area contributed by atoms with E-state index in [0.29, 0.717) is 5.56 Å². The zero-order chi connectivity index (χ0) is 16.7. The molecule has 1 amide bonds. The molecule has 0 fully saturated rings. The van der Waals surface area contributed by atoms with E-state index < -0.39 is 6.10 Å². The van der Waals surface area contributed by atoms with E-state index in [4.69, 9.17) is 0 Å². The summed E-state index contributed by atoms with van der Waals surface area (Å²) in [6, 6.07) is 5.59. The average molecular weight is 305 g/mol. The number of hydrogen-bond acceptors (Lipinski definition) is 3. The third-order valence-corrected chi connectivity index (χ3v) is 4.22. The lowest BCUT2D eigenvalue weighted by Crippen LogP contribution is -2.35. The minimum Gasteiger partial charge on any atom is -0.391 e. The van der Waals surface area contributed by atoms with Gasteiger partial charge in [-0.1, -0.05) is 32.4 Å². The SMILES string of the molecule is CCC(C)C(O)CNC(=O)CCC(=O)c1ccc(C)c(C)c1. The highest BCUT2D eigenvalue weighted by Crippen LogP contribution is 2.12. The number of amides is 1. The number of aliphatic hydroxyl groups excluding tert-OH is 1. The smallest absolute Gasteiger partial charge is 0.220 e. The van der Waals surface area contributed by atoms with E-state index in [1.54, 1.807) is 6.07 Å². The predicted octanol–water partition coefficient (Wildman–Crippen LogP) is 2.79. The van der Waals surface area contributed by atoms with Gasteiger partial charge < -0.3 is 10.4 Å². The molecule has 0 aromatic heterocycles. The summed E-state index contributed by atoms with van der Waals surface area (Å²) in [4.78, 5) is 23.8. The minimum absolute atomic E-state index is 0.0271. The molecule has 0 saturated heterocycles. The molecule has 0 saturated carbocycles. The molecule has 0 heterocycles. The van der Waals surface area contributed by atoms with Gasteiger partial charge in [-0.25, -0.2) is 0 Å². The normalized spacial score (nSPS) is 13.5. The zero-order valence-corrected chi connectivity index (χ0v) is 14.0. The third-order valence-electron chi connectivity index (χ3n) is 4.22. The van der Waals surface area contributed by atoms with Crippen molar-refractivity contribution in [2.75, 3.05) is 6.54 Å². The Kier molecular flexibility index (Phi) is 7.25.